The Morgan fingerprint density at radius 3 is 2.65 bits per heavy atom. The molecular weight excluding hydrogens is 345 g/mol. The lowest BCUT2D eigenvalue weighted by Crippen LogP contribution is -2.19. The summed E-state index contributed by atoms with van der Waals surface area (Å²) in [5.41, 5.74) is 1.64. The topological polar surface area (TPSA) is 21.3 Å². The fraction of sp³-hybridized carbons (Fsp3) is 0.200. The molecule has 0 saturated carbocycles. The second kappa shape index (κ2) is 6.57. The molecule has 2 nitrogen and oxygen atoms in total. The van der Waals surface area contributed by atoms with Crippen molar-refractivity contribution in [3.63, 3.8) is 0 Å². The molecule has 0 aliphatic heterocycles. The highest BCUT2D eigenvalue weighted by Gasteiger charge is 2.20. The van der Waals surface area contributed by atoms with Crippen LogP contribution in [-0.2, 0) is 0 Å². The molecule has 0 heterocycles. The fourth-order valence-corrected chi connectivity index (χ4v) is 2.83. The van der Waals surface area contributed by atoms with Gasteiger partial charge in [0.15, 0.2) is 0 Å². The number of benzene rings is 2. The van der Waals surface area contributed by atoms with Crippen molar-refractivity contribution in [1.29, 1.82) is 0 Å². The number of ether oxygens (including phenoxy) is 1. The summed E-state index contributed by atoms with van der Waals surface area (Å²) >= 11 is 9.36. The van der Waals surface area contributed by atoms with E-state index in [0.717, 1.165) is 11.1 Å². The summed E-state index contributed by atoms with van der Waals surface area (Å²) in [6.45, 7) is 0. The number of rotatable bonds is 4. The molecule has 1 N–H and O–H groups in total. The Morgan fingerprint density at radius 2 is 2.00 bits per heavy atom. The smallest absolute Gasteiger partial charge is 0.137 e. The van der Waals surface area contributed by atoms with Crippen LogP contribution in [-0.4, -0.2) is 14.2 Å². The molecule has 2 aromatic carbocycles. The molecule has 5 heteroatoms. The van der Waals surface area contributed by atoms with Crippen LogP contribution in [0.15, 0.2) is 40.9 Å². The van der Waals surface area contributed by atoms with E-state index >= 15 is 0 Å². The van der Waals surface area contributed by atoms with E-state index in [1.165, 1.54) is 6.07 Å². The Hall–Kier alpha value is -1.10. The number of nitrogens with one attached hydrogen (secondary N) is 1. The lowest BCUT2D eigenvalue weighted by molar-refractivity contribution is 0.405. The van der Waals surface area contributed by atoms with E-state index in [4.69, 9.17) is 16.3 Å². The monoisotopic (exact) mass is 357 g/mol. The van der Waals surface area contributed by atoms with Crippen molar-refractivity contribution in [2.45, 2.75) is 6.04 Å². The summed E-state index contributed by atoms with van der Waals surface area (Å²) in [5, 5.41) is 3.77. The van der Waals surface area contributed by atoms with E-state index < -0.39 is 0 Å². The Morgan fingerprint density at radius 1 is 1.25 bits per heavy atom. The second-order valence-corrected chi connectivity index (χ2v) is 5.48. The molecule has 2 aromatic rings. The average molecular weight is 359 g/mol. The zero-order chi connectivity index (χ0) is 14.7. The SMILES string of the molecule is CNC(c1cc(Cl)ccc1OC)c1cccc(F)c1Br. The van der Waals surface area contributed by atoms with Gasteiger partial charge in [-0.2, -0.15) is 0 Å². The molecule has 0 aliphatic rings. The minimum atomic E-state index is -0.302. The van der Waals surface area contributed by atoms with Gasteiger partial charge < -0.3 is 10.1 Å². The number of halogens is 3. The second-order valence-electron chi connectivity index (χ2n) is 4.25. The number of hydrogen-bond acceptors (Lipinski definition) is 2. The van der Waals surface area contributed by atoms with Crippen molar-refractivity contribution < 1.29 is 9.13 Å². The van der Waals surface area contributed by atoms with Gasteiger partial charge >= 0.3 is 0 Å². The van der Waals surface area contributed by atoms with E-state index in [2.05, 4.69) is 21.2 Å². The summed E-state index contributed by atoms with van der Waals surface area (Å²) in [4.78, 5) is 0. The van der Waals surface area contributed by atoms with Crippen LogP contribution in [0.25, 0.3) is 0 Å². The predicted molar refractivity (Wildman–Crippen MR) is 83.0 cm³/mol. The Labute approximate surface area is 131 Å². The lowest BCUT2D eigenvalue weighted by atomic mass is 9.98. The maximum atomic E-state index is 13.7. The molecule has 0 aliphatic carbocycles. The van der Waals surface area contributed by atoms with Gasteiger partial charge in [-0.3, -0.25) is 0 Å². The normalized spacial score (nSPS) is 12.2. The Balaban J connectivity index is 2.58. The van der Waals surface area contributed by atoms with Crippen LogP contribution in [0.4, 0.5) is 4.39 Å². The zero-order valence-electron chi connectivity index (χ0n) is 11.1. The van der Waals surface area contributed by atoms with Gasteiger partial charge in [0, 0.05) is 10.6 Å². The summed E-state index contributed by atoms with van der Waals surface area (Å²) in [5.74, 6) is 0.397. The van der Waals surface area contributed by atoms with Crippen LogP contribution < -0.4 is 10.1 Å². The zero-order valence-corrected chi connectivity index (χ0v) is 13.4. The molecule has 0 amide bonds. The van der Waals surface area contributed by atoms with E-state index in [0.29, 0.717) is 15.2 Å². The first-order valence-corrected chi connectivity index (χ1v) is 7.20. The summed E-state index contributed by atoms with van der Waals surface area (Å²) in [6, 6.07) is 10.1. The minimum Gasteiger partial charge on any atom is -0.496 e. The first kappa shape index (κ1) is 15.3. The lowest BCUT2D eigenvalue weighted by Gasteiger charge is -2.21. The third-order valence-corrected chi connectivity index (χ3v) is 4.16. The largest absolute Gasteiger partial charge is 0.496 e. The molecule has 0 spiro atoms. The highest BCUT2D eigenvalue weighted by molar-refractivity contribution is 9.10. The molecule has 0 fully saturated rings. The highest BCUT2D eigenvalue weighted by atomic mass is 79.9. The Bertz CT molecular complexity index is 621. The first-order chi connectivity index (χ1) is 9.58. The van der Waals surface area contributed by atoms with Crippen LogP contribution in [0.5, 0.6) is 5.75 Å². The van der Waals surface area contributed by atoms with Crippen molar-refractivity contribution in [1.82, 2.24) is 5.32 Å². The highest BCUT2D eigenvalue weighted by Crippen LogP contribution is 2.35. The van der Waals surface area contributed by atoms with Gasteiger partial charge in [-0.15, -0.1) is 0 Å². The van der Waals surface area contributed by atoms with Gasteiger partial charge in [-0.1, -0.05) is 23.7 Å². The molecule has 2 rings (SSSR count). The van der Waals surface area contributed by atoms with Crippen LogP contribution in [0, 0.1) is 5.82 Å². The van der Waals surface area contributed by atoms with Crippen molar-refractivity contribution in [3.8, 4) is 5.75 Å². The van der Waals surface area contributed by atoms with Crippen molar-refractivity contribution in [2.75, 3.05) is 14.2 Å². The van der Waals surface area contributed by atoms with Crippen molar-refractivity contribution in [2.24, 2.45) is 0 Å². The van der Waals surface area contributed by atoms with E-state index in [1.54, 1.807) is 25.3 Å². The van der Waals surface area contributed by atoms with Gasteiger partial charge in [0.25, 0.3) is 0 Å². The van der Waals surface area contributed by atoms with Crippen LogP contribution >= 0.6 is 27.5 Å². The minimum absolute atomic E-state index is 0.228. The molecular formula is C15H14BrClFNO. The van der Waals surface area contributed by atoms with Crippen LogP contribution in [0.3, 0.4) is 0 Å². The maximum absolute atomic E-state index is 13.7. The molecule has 0 aromatic heterocycles. The molecule has 1 atom stereocenters. The molecule has 0 radical (unpaired) electrons. The van der Waals surface area contributed by atoms with E-state index in [9.17, 15) is 4.39 Å². The summed E-state index contributed by atoms with van der Waals surface area (Å²) in [6.07, 6.45) is 0. The average Bonchev–Trinajstić information content (AvgIpc) is 2.44. The molecule has 0 bridgehead atoms. The van der Waals surface area contributed by atoms with Crippen LogP contribution in [0.2, 0.25) is 5.02 Å². The van der Waals surface area contributed by atoms with Gasteiger partial charge in [0.05, 0.1) is 17.6 Å². The van der Waals surface area contributed by atoms with Gasteiger partial charge in [-0.05, 0) is 52.8 Å². The predicted octanol–water partition coefficient (Wildman–Crippen LogP) is 4.56. The summed E-state index contributed by atoms with van der Waals surface area (Å²) in [7, 11) is 3.41. The van der Waals surface area contributed by atoms with E-state index in [-0.39, 0.29) is 11.9 Å². The molecule has 20 heavy (non-hydrogen) atoms. The first-order valence-electron chi connectivity index (χ1n) is 6.03. The number of methoxy groups -OCH3 is 1. The molecule has 106 valence electrons. The maximum Gasteiger partial charge on any atom is 0.137 e. The fourth-order valence-electron chi connectivity index (χ4n) is 2.15. The Kier molecular flexibility index (Phi) is 5.02. The molecule has 1 unspecified atom stereocenters. The standard InChI is InChI=1S/C15H14BrClFNO/c1-19-15(10-4-3-5-12(18)14(10)16)11-8-9(17)6-7-13(11)20-2/h3-8,15,19H,1-2H3. The van der Waals surface area contributed by atoms with Gasteiger partial charge in [0.1, 0.15) is 11.6 Å². The summed E-state index contributed by atoms with van der Waals surface area (Å²) < 4.78 is 19.5. The van der Waals surface area contributed by atoms with Gasteiger partial charge in [-0.25, -0.2) is 4.39 Å². The van der Waals surface area contributed by atoms with Crippen LogP contribution in [0.1, 0.15) is 17.2 Å². The van der Waals surface area contributed by atoms with Crippen molar-refractivity contribution >= 4 is 27.5 Å². The van der Waals surface area contributed by atoms with Gasteiger partial charge in [0.2, 0.25) is 0 Å². The number of hydrogen-bond donors (Lipinski definition) is 1. The third-order valence-electron chi connectivity index (χ3n) is 3.08. The van der Waals surface area contributed by atoms with E-state index in [1.807, 2.05) is 19.2 Å². The molecule has 0 saturated heterocycles. The third kappa shape index (κ3) is 2.97. The van der Waals surface area contributed by atoms with Crippen molar-refractivity contribution in [3.05, 3.63) is 62.8 Å². The quantitative estimate of drug-likeness (QED) is 0.865.